The first-order chi connectivity index (χ1) is 10.5. The fourth-order valence-corrected chi connectivity index (χ4v) is 2.82. The topological polar surface area (TPSA) is 60.9 Å². The minimum Gasteiger partial charge on any atom is -0.307 e. The molecule has 1 aliphatic rings. The van der Waals surface area contributed by atoms with E-state index in [4.69, 9.17) is 0 Å². The zero-order chi connectivity index (χ0) is 16.5. The summed E-state index contributed by atoms with van der Waals surface area (Å²) in [5.74, 6) is 1.09. The van der Waals surface area contributed by atoms with E-state index in [9.17, 15) is 14.4 Å². The van der Waals surface area contributed by atoms with Crippen molar-refractivity contribution >= 4 is 29.5 Å². The second-order valence-electron chi connectivity index (χ2n) is 4.88. The van der Waals surface area contributed by atoms with Crippen molar-refractivity contribution in [1.29, 1.82) is 0 Å². The van der Waals surface area contributed by atoms with Crippen LogP contribution >= 0.6 is 11.8 Å². The van der Waals surface area contributed by atoms with Gasteiger partial charge < -0.3 is 14.7 Å². The standard InChI is InChI=1S/C15H23N3O3S/c1-4-8-22-9-7-15(21)18-11-16(13(19)5-2)10-17(12-18)14(20)6-3/h5-6H,2-4,7-12H2,1H3. The SMILES string of the molecule is C=CC(=O)N1CN(C(=O)C=C)CN(C(=O)CCSCCC)C1. The summed E-state index contributed by atoms with van der Waals surface area (Å²) in [4.78, 5) is 40.2. The Kier molecular flexibility index (Phi) is 7.73. The minimum atomic E-state index is -0.306. The first kappa shape index (κ1) is 18.3. The third-order valence-corrected chi connectivity index (χ3v) is 4.35. The Balaban J connectivity index is 2.68. The van der Waals surface area contributed by atoms with E-state index >= 15 is 0 Å². The van der Waals surface area contributed by atoms with Crippen LogP contribution in [0.1, 0.15) is 19.8 Å². The smallest absolute Gasteiger partial charge is 0.248 e. The van der Waals surface area contributed by atoms with Crippen molar-refractivity contribution in [2.24, 2.45) is 0 Å². The number of thioether (sulfide) groups is 1. The number of rotatable bonds is 7. The molecule has 0 aliphatic carbocycles. The van der Waals surface area contributed by atoms with Gasteiger partial charge in [0.15, 0.2) is 0 Å². The van der Waals surface area contributed by atoms with Gasteiger partial charge >= 0.3 is 0 Å². The molecule has 3 amide bonds. The van der Waals surface area contributed by atoms with Crippen LogP contribution in [-0.2, 0) is 14.4 Å². The van der Waals surface area contributed by atoms with Gasteiger partial charge in [0, 0.05) is 12.2 Å². The average Bonchev–Trinajstić information content (AvgIpc) is 2.56. The van der Waals surface area contributed by atoms with Crippen molar-refractivity contribution in [2.75, 3.05) is 31.5 Å². The molecule has 0 saturated carbocycles. The lowest BCUT2D eigenvalue weighted by Gasteiger charge is -2.41. The van der Waals surface area contributed by atoms with E-state index in [0.717, 1.165) is 17.9 Å². The summed E-state index contributed by atoms with van der Waals surface area (Å²) in [6.45, 7) is 9.49. The first-order valence-electron chi connectivity index (χ1n) is 7.21. The Morgan fingerprint density at radius 3 is 1.91 bits per heavy atom. The Hall–Kier alpha value is -1.76. The lowest BCUT2D eigenvalue weighted by atomic mass is 10.3. The molecule has 1 fully saturated rings. The van der Waals surface area contributed by atoms with Crippen molar-refractivity contribution in [3.05, 3.63) is 25.3 Å². The first-order valence-corrected chi connectivity index (χ1v) is 8.37. The Morgan fingerprint density at radius 1 is 0.955 bits per heavy atom. The van der Waals surface area contributed by atoms with E-state index < -0.39 is 0 Å². The summed E-state index contributed by atoms with van der Waals surface area (Å²) < 4.78 is 0. The maximum Gasteiger partial charge on any atom is 0.248 e. The van der Waals surface area contributed by atoms with Gasteiger partial charge in [-0.2, -0.15) is 11.8 Å². The number of carbonyl (C=O) groups is 3. The van der Waals surface area contributed by atoms with Crippen LogP contribution in [0.2, 0.25) is 0 Å². The van der Waals surface area contributed by atoms with Crippen molar-refractivity contribution < 1.29 is 14.4 Å². The van der Waals surface area contributed by atoms with E-state index in [1.54, 1.807) is 11.8 Å². The molecule has 0 aromatic carbocycles. The summed E-state index contributed by atoms with van der Waals surface area (Å²) in [6, 6.07) is 0. The molecule has 122 valence electrons. The van der Waals surface area contributed by atoms with E-state index in [0.29, 0.717) is 6.42 Å². The summed E-state index contributed by atoms with van der Waals surface area (Å²) in [7, 11) is 0. The van der Waals surface area contributed by atoms with E-state index in [1.807, 2.05) is 0 Å². The van der Waals surface area contributed by atoms with Crippen molar-refractivity contribution in [3.63, 3.8) is 0 Å². The quantitative estimate of drug-likeness (QED) is 0.522. The second kappa shape index (κ2) is 9.30. The van der Waals surface area contributed by atoms with Gasteiger partial charge in [-0.05, 0) is 24.3 Å². The molecular weight excluding hydrogens is 302 g/mol. The molecular formula is C15H23N3O3S. The largest absolute Gasteiger partial charge is 0.307 e. The molecule has 1 rings (SSSR count). The molecule has 0 aromatic rings. The molecule has 22 heavy (non-hydrogen) atoms. The van der Waals surface area contributed by atoms with Crippen molar-refractivity contribution in [1.82, 2.24) is 14.7 Å². The number of carbonyl (C=O) groups excluding carboxylic acids is 3. The highest BCUT2D eigenvalue weighted by molar-refractivity contribution is 7.99. The van der Waals surface area contributed by atoms with Crippen LogP contribution in [0.5, 0.6) is 0 Å². The van der Waals surface area contributed by atoms with Gasteiger partial charge in [-0.3, -0.25) is 14.4 Å². The minimum absolute atomic E-state index is 0.0629. The van der Waals surface area contributed by atoms with Crippen LogP contribution in [0.15, 0.2) is 25.3 Å². The van der Waals surface area contributed by atoms with Gasteiger partial charge in [-0.1, -0.05) is 20.1 Å². The molecule has 0 aromatic heterocycles. The van der Waals surface area contributed by atoms with Crippen LogP contribution < -0.4 is 0 Å². The molecule has 1 heterocycles. The summed E-state index contributed by atoms with van der Waals surface area (Å²) in [5.41, 5.74) is 0. The van der Waals surface area contributed by atoms with Gasteiger partial charge in [-0.15, -0.1) is 0 Å². The highest BCUT2D eigenvalue weighted by Crippen LogP contribution is 2.12. The zero-order valence-electron chi connectivity index (χ0n) is 13.0. The van der Waals surface area contributed by atoms with Crippen molar-refractivity contribution in [2.45, 2.75) is 19.8 Å². The van der Waals surface area contributed by atoms with Crippen LogP contribution in [0.3, 0.4) is 0 Å². The molecule has 1 saturated heterocycles. The molecule has 0 bridgehead atoms. The Bertz CT molecular complexity index is 425. The fourth-order valence-electron chi connectivity index (χ4n) is 2.01. The van der Waals surface area contributed by atoms with Crippen LogP contribution in [-0.4, -0.2) is 63.9 Å². The molecule has 6 nitrogen and oxygen atoms in total. The molecule has 7 heteroatoms. The van der Waals surface area contributed by atoms with Crippen LogP contribution in [0.4, 0.5) is 0 Å². The van der Waals surface area contributed by atoms with Gasteiger partial charge in [0.2, 0.25) is 17.7 Å². The molecule has 0 radical (unpaired) electrons. The fraction of sp³-hybridized carbons (Fsp3) is 0.533. The molecule has 1 aliphatic heterocycles. The monoisotopic (exact) mass is 325 g/mol. The van der Waals surface area contributed by atoms with Gasteiger partial charge in [0.25, 0.3) is 0 Å². The lowest BCUT2D eigenvalue weighted by Crippen LogP contribution is -2.59. The maximum atomic E-state index is 12.3. The Morgan fingerprint density at radius 2 is 1.45 bits per heavy atom. The third-order valence-electron chi connectivity index (χ3n) is 3.16. The van der Waals surface area contributed by atoms with E-state index in [-0.39, 0.29) is 37.7 Å². The Labute approximate surface area is 135 Å². The molecule has 0 atom stereocenters. The number of nitrogens with zero attached hydrogens (tertiary/aromatic N) is 3. The summed E-state index contributed by atoms with van der Waals surface area (Å²) >= 11 is 1.73. The molecule has 0 N–H and O–H groups in total. The normalized spacial score (nSPS) is 14.7. The highest BCUT2D eigenvalue weighted by Gasteiger charge is 2.29. The highest BCUT2D eigenvalue weighted by atomic mass is 32.2. The molecule has 0 unspecified atom stereocenters. The average molecular weight is 325 g/mol. The van der Waals surface area contributed by atoms with Gasteiger partial charge in [0.1, 0.15) is 0 Å². The van der Waals surface area contributed by atoms with E-state index in [1.165, 1.54) is 26.9 Å². The summed E-state index contributed by atoms with van der Waals surface area (Å²) in [6.07, 6.45) is 3.84. The van der Waals surface area contributed by atoms with Crippen LogP contribution in [0.25, 0.3) is 0 Å². The van der Waals surface area contributed by atoms with Crippen molar-refractivity contribution in [3.8, 4) is 0 Å². The molecule has 0 spiro atoms. The number of hydrogen-bond donors (Lipinski definition) is 0. The predicted molar refractivity (Wildman–Crippen MR) is 87.8 cm³/mol. The van der Waals surface area contributed by atoms with E-state index in [2.05, 4.69) is 20.1 Å². The number of amides is 3. The third kappa shape index (κ3) is 5.22. The van der Waals surface area contributed by atoms with Gasteiger partial charge in [0.05, 0.1) is 20.0 Å². The second-order valence-corrected chi connectivity index (χ2v) is 6.11. The summed E-state index contributed by atoms with van der Waals surface area (Å²) in [5, 5.41) is 0. The lowest BCUT2D eigenvalue weighted by molar-refractivity contribution is -0.154. The van der Waals surface area contributed by atoms with Gasteiger partial charge in [-0.25, -0.2) is 0 Å². The number of hydrogen-bond acceptors (Lipinski definition) is 4. The predicted octanol–water partition coefficient (Wildman–Crippen LogP) is 1.26. The van der Waals surface area contributed by atoms with Crippen LogP contribution in [0, 0.1) is 0 Å². The maximum absolute atomic E-state index is 12.3. The zero-order valence-corrected chi connectivity index (χ0v) is 13.8.